The fourth-order valence-electron chi connectivity index (χ4n) is 11.9. The maximum atomic E-state index is 13.0. The van der Waals surface area contributed by atoms with Crippen molar-refractivity contribution in [1.82, 2.24) is 0 Å². The first-order chi connectivity index (χ1) is 42.1. The summed E-state index contributed by atoms with van der Waals surface area (Å²) in [5.41, 5.74) is 0. The quantitative estimate of drug-likeness (QED) is 0.0211. The Labute approximate surface area is 535 Å². The minimum Gasteiger partial charge on any atom is -0.477 e. The van der Waals surface area contributed by atoms with Crippen molar-refractivity contribution < 1.29 is 42.9 Å². The normalized spacial score (nSPS) is 12.6. The molecule has 0 aliphatic carbocycles. The SMILES string of the molecule is CCCCCCCCCC/C=C\CCCCCCCCCCCCCCCCCCCC(=O)OC(COC(=O)CCCCCCCCCCCCCCCCCCCCCCCCCCCCCCCCCC)COC(OCC[N+](C)(C)C)C(=O)O. The second-order valence-electron chi connectivity index (χ2n) is 27.7. The number of rotatable bonds is 73. The van der Waals surface area contributed by atoms with Gasteiger partial charge in [-0.1, -0.05) is 366 Å². The first-order valence-corrected chi connectivity index (χ1v) is 38.4. The number of carboxylic acids is 1. The van der Waals surface area contributed by atoms with E-state index in [1.54, 1.807) is 0 Å². The molecule has 0 aliphatic heterocycles. The highest BCUT2D eigenvalue weighted by Gasteiger charge is 2.25. The van der Waals surface area contributed by atoms with E-state index in [1.165, 1.54) is 340 Å². The van der Waals surface area contributed by atoms with Gasteiger partial charge in [0.25, 0.3) is 6.29 Å². The fourth-order valence-corrected chi connectivity index (χ4v) is 11.9. The molecule has 1 N–H and O–H groups in total. The summed E-state index contributed by atoms with van der Waals surface area (Å²) in [6, 6.07) is 0. The second kappa shape index (κ2) is 68.9. The van der Waals surface area contributed by atoms with Crippen LogP contribution in [0.3, 0.4) is 0 Å². The van der Waals surface area contributed by atoms with Gasteiger partial charge in [0.1, 0.15) is 13.2 Å². The Kier molecular flexibility index (Phi) is 67.4. The Morgan fingerprint density at radius 1 is 0.337 bits per heavy atom. The molecule has 86 heavy (non-hydrogen) atoms. The van der Waals surface area contributed by atoms with Gasteiger partial charge in [0.2, 0.25) is 0 Å². The monoisotopic (exact) mass is 1220 g/mol. The Morgan fingerprint density at radius 3 is 0.860 bits per heavy atom. The summed E-state index contributed by atoms with van der Waals surface area (Å²) in [6.07, 6.45) is 82.2. The van der Waals surface area contributed by atoms with E-state index in [1.807, 2.05) is 21.1 Å². The minimum atomic E-state index is -1.51. The van der Waals surface area contributed by atoms with Crippen molar-refractivity contribution >= 4 is 17.9 Å². The van der Waals surface area contributed by atoms with Gasteiger partial charge < -0.3 is 28.5 Å². The van der Waals surface area contributed by atoms with Gasteiger partial charge in [0.15, 0.2) is 6.10 Å². The van der Waals surface area contributed by atoms with E-state index in [0.29, 0.717) is 17.4 Å². The average Bonchev–Trinajstić information content (AvgIpc) is 3.64. The van der Waals surface area contributed by atoms with Gasteiger partial charge in [-0.15, -0.1) is 0 Å². The van der Waals surface area contributed by atoms with Crippen LogP contribution in [0.25, 0.3) is 0 Å². The molecule has 510 valence electrons. The van der Waals surface area contributed by atoms with Crippen LogP contribution < -0.4 is 0 Å². The molecular weight excluding hydrogens is 1070 g/mol. The van der Waals surface area contributed by atoms with Crippen LogP contribution in [0.1, 0.15) is 406 Å². The number of ether oxygens (including phenoxy) is 4. The van der Waals surface area contributed by atoms with Gasteiger partial charge in [-0.25, -0.2) is 4.79 Å². The number of esters is 2. The smallest absolute Gasteiger partial charge is 0.361 e. The lowest BCUT2D eigenvalue weighted by molar-refractivity contribution is -0.870. The van der Waals surface area contributed by atoms with Crippen LogP contribution in [-0.2, 0) is 33.3 Å². The van der Waals surface area contributed by atoms with Crippen LogP contribution in [0.4, 0.5) is 0 Å². The lowest BCUT2D eigenvalue weighted by atomic mass is 10.0. The maximum absolute atomic E-state index is 13.0. The third kappa shape index (κ3) is 69.5. The topological polar surface area (TPSA) is 108 Å². The van der Waals surface area contributed by atoms with E-state index in [2.05, 4.69) is 26.0 Å². The van der Waals surface area contributed by atoms with Crippen molar-refractivity contribution in [3.63, 3.8) is 0 Å². The molecule has 0 heterocycles. The molecule has 9 heteroatoms. The number of carbonyl (C=O) groups excluding carboxylic acids is 2. The van der Waals surface area contributed by atoms with Gasteiger partial charge in [-0.05, 0) is 38.5 Å². The second-order valence-corrected chi connectivity index (χ2v) is 27.7. The summed E-state index contributed by atoms with van der Waals surface area (Å²) in [5.74, 6) is -1.97. The molecule has 0 radical (unpaired) electrons. The summed E-state index contributed by atoms with van der Waals surface area (Å²) in [6.45, 7) is 4.97. The van der Waals surface area contributed by atoms with Crippen LogP contribution in [0.15, 0.2) is 12.2 Å². The molecule has 0 fully saturated rings. The van der Waals surface area contributed by atoms with Crippen molar-refractivity contribution in [2.75, 3.05) is 47.5 Å². The Bertz CT molecular complexity index is 1410. The maximum Gasteiger partial charge on any atom is 0.361 e. The van der Waals surface area contributed by atoms with Crippen LogP contribution in [0.5, 0.6) is 0 Å². The predicted octanol–water partition coefficient (Wildman–Crippen LogP) is 24.0. The molecule has 0 aromatic carbocycles. The van der Waals surface area contributed by atoms with Crippen LogP contribution in [0, 0.1) is 0 Å². The summed E-state index contributed by atoms with van der Waals surface area (Å²) in [4.78, 5) is 37.7. The number of hydrogen-bond acceptors (Lipinski definition) is 7. The number of unbranched alkanes of at least 4 members (excludes halogenated alkanes) is 56. The van der Waals surface area contributed by atoms with E-state index < -0.39 is 18.4 Å². The number of quaternary nitrogens is 1. The summed E-state index contributed by atoms with van der Waals surface area (Å²) in [7, 11) is 6.00. The Balaban J connectivity index is 3.99. The number of hydrogen-bond donors (Lipinski definition) is 1. The number of carboxylic acid groups (broad SMARTS) is 1. The van der Waals surface area contributed by atoms with E-state index in [-0.39, 0.29) is 38.2 Å². The highest BCUT2D eigenvalue weighted by atomic mass is 16.7. The molecule has 0 saturated carbocycles. The van der Waals surface area contributed by atoms with Crippen molar-refractivity contribution in [2.24, 2.45) is 0 Å². The van der Waals surface area contributed by atoms with Crippen molar-refractivity contribution in [3.05, 3.63) is 12.2 Å². The van der Waals surface area contributed by atoms with E-state index in [0.717, 1.165) is 38.5 Å². The van der Waals surface area contributed by atoms with Gasteiger partial charge in [0.05, 0.1) is 34.4 Å². The molecular formula is C77H150NO8+. The highest BCUT2D eigenvalue weighted by Crippen LogP contribution is 2.20. The molecule has 9 nitrogen and oxygen atoms in total. The molecule has 0 saturated heterocycles. The zero-order valence-electron chi connectivity index (χ0n) is 58.5. The van der Waals surface area contributed by atoms with Crippen LogP contribution >= 0.6 is 0 Å². The number of allylic oxidation sites excluding steroid dienone is 2. The van der Waals surface area contributed by atoms with Gasteiger partial charge in [-0.3, -0.25) is 9.59 Å². The summed E-state index contributed by atoms with van der Waals surface area (Å²) in [5, 5.41) is 9.76. The van der Waals surface area contributed by atoms with Crippen molar-refractivity contribution in [3.8, 4) is 0 Å². The molecule has 0 aliphatic rings. The van der Waals surface area contributed by atoms with Crippen LogP contribution in [-0.4, -0.2) is 87.4 Å². The third-order valence-corrected chi connectivity index (χ3v) is 17.8. The van der Waals surface area contributed by atoms with E-state index in [4.69, 9.17) is 18.9 Å². The number of likely N-dealkylation sites (N-methyl/N-ethyl adjacent to an activating group) is 1. The van der Waals surface area contributed by atoms with Gasteiger partial charge >= 0.3 is 17.9 Å². The van der Waals surface area contributed by atoms with Crippen molar-refractivity contribution in [1.29, 1.82) is 0 Å². The average molecular weight is 1220 g/mol. The molecule has 0 amide bonds. The molecule has 2 unspecified atom stereocenters. The molecule has 0 rings (SSSR count). The molecule has 0 bridgehead atoms. The lowest BCUT2D eigenvalue weighted by Crippen LogP contribution is -2.40. The molecule has 2 atom stereocenters. The van der Waals surface area contributed by atoms with Gasteiger partial charge in [0, 0.05) is 12.8 Å². The summed E-state index contributed by atoms with van der Waals surface area (Å²) < 4.78 is 23.0. The lowest BCUT2D eigenvalue weighted by Gasteiger charge is -2.25. The summed E-state index contributed by atoms with van der Waals surface area (Å²) >= 11 is 0. The standard InChI is InChI=1S/C77H149NO8/c1-6-8-10-12-14-16-18-20-22-24-26-28-30-32-34-36-37-38-40-41-43-45-47-49-51-53-55-57-59-61-63-65-67-74(79)84-71-73(72-85-77(76(81)82)83-70-69-78(3,4)5)86-75(80)68-66-64-62-60-58-56-54-52-50-48-46-44-42-39-35-33-31-29-27-25-23-21-19-17-15-13-11-9-7-2/h25,27,73,77H,6-24,26,28-72H2,1-5H3/p+1/b27-25-. The number of nitrogens with zero attached hydrogens (tertiary/aromatic N) is 1. The minimum absolute atomic E-state index is 0.173. The zero-order valence-corrected chi connectivity index (χ0v) is 58.5. The Hall–Kier alpha value is -1.97. The number of carbonyl (C=O) groups is 3. The highest BCUT2D eigenvalue weighted by molar-refractivity contribution is 5.71. The van der Waals surface area contributed by atoms with E-state index in [9.17, 15) is 19.5 Å². The molecule has 0 aromatic heterocycles. The Morgan fingerprint density at radius 2 is 0.593 bits per heavy atom. The third-order valence-electron chi connectivity index (χ3n) is 17.8. The van der Waals surface area contributed by atoms with Gasteiger partial charge in [-0.2, -0.15) is 0 Å². The molecule has 0 aromatic rings. The first-order valence-electron chi connectivity index (χ1n) is 38.4. The number of aliphatic carboxylic acids is 1. The van der Waals surface area contributed by atoms with Crippen LogP contribution in [0.2, 0.25) is 0 Å². The predicted molar refractivity (Wildman–Crippen MR) is 369 cm³/mol. The largest absolute Gasteiger partial charge is 0.477 e. The van der Waals surface area contributed by atoms with E-state index >= 15 is 0 Å². The van der Waals surface area contributed by atoms with Crippen molar-refractivity contribution in [2.45, 2.75) is 418 Å². The first kappa shape index (κ1) is 84.0. The zero-order chi connectivity index (χ0) is 62.6. The molecule has 0 spiro atoms. The fraction of sp³-hybridized carbons (Fsp3) is 0.935.